The first-order valence-electron chi connectivity index (χ1n) is 25.0. The molecule has 2 aromatic heterocycles. The van der Waals surface area contributed by atoms with E-state index < -0.39 is 24.1 Å². The van der Waals surface area contributed by atoms with Gasteiger partial charge in [0.2, 0.25) is 11.5 Å². The number of carbonyl (C=O) groups excluding carboxylic acids is 5. The number of benzene rings is 1. The highest BCUT2D eigenvalue weighted by Gasteiger charge is 2.50. The van der Waals surface area contributed by atoms with Crippen LogP contribution in [0.2, 0.25) is 0 Å². The monoisotopic (exact) mass is 1250 g/mol. The Hall–Kier alpha value is -5.02. The Morgan fingerprint density at radius 1 is 0.863 bits per heavy atom. The standard InChI is InChI=1S/C35H41N5O7.C9H17NO4.C5H12O2.C2H2.CH3I.8CH4/c1-3-23-24-16-22(46-34(44)39-14-10-21(11-15-39)38-12-6-5-7-13-38)8-9-28(24)37-31-25(23)19-40-29(31)17-27-26(32(40)42)20-45-33(43)35(27,4-2)47-30(41)18-36;1-3-13-4-5-14-7-9(12)10-6-8(2)11;1-3-7-5-4-6-2;2*1-2;;;;;;;;/h8-9,16-17,21H,3-7,10-15,18-20,36H2,1-2H3;3-7H2,1-2H3,(H,10,12);3-5H2,1-2H3;1-2H;1H3;8*1H4/i;;;1D;;;;;;;;;. The van der Waals surface area contributed by atoms with Crippen molar-refractivity contribution in [3.8, 4) is 30.0 Å². The fraction of sp³-hybridized carbons (Fsp3) is 0.650. The highest BCUT2D eigenvalue weighted by atomic mass is 127. The molecule has 0 radical (unpaired) electrons. The third kappa shape index (κ3) is 23.5. The van der Waals surface area contributed by atoms with Gasteiger partial charge < -0.3 is 58.6 Å². The van der Waals surface area contributed by atoms with E-state index in [1.54, 1.807) is 35.6 Å². The number of rotatable bonds is 18. The Morgan fingerprint density at radius 3 is 1.99 bits per heavy atom. The molecule has 4 aliphatic rings. The third-order valence-corrected chi connectivity index (χ3v) is 12.4. The average Bonchev–Trinajstić information content (AvgIpc) is 3.78. The Labute approximate surface area is 497 Å². The lowest BCUT2D eigenvalue weighted by Crippen LogP contribution is -2.48. The van der Waals surface area contributed by atoms with Gasteiger partial charge in [-0.15, -0.1) is 12.8 Å². The maximum absolute atomic E-state index is 13.9. The predicted molar refractivity (Wildman–Crippen MR) is 336 cm³/mol. The summed E-state index contributed by atoms with van der Waals surface area (Å²) in [6.45, 7) is 16.1. The second-order valence-corrected chi connectivity index (χ2v) is 16.8. The SMILES string of the molecule is C.C.C.C.C.C.C.C.CCOCCOC.CCOCCOCC(=O)NCC(C)=O.CCc1c2c(nc3ccc(OC(=O)N4CCC(N5CCCCC5)CC4)cc13)-c1cc3c(c(=O)n1C2)COC(=O)C3(CC)OC(=O)CN.CI.[2H]C#C. The summed E-state index contributed by atoms with van der Waals surface area (Å²) < 4.78 is 43.9. The van der Waals surface area contributed by atoms with E-state index in [9.17, 15) is 28.8 Å². The number of aryl methyl sites for hydroxylation is 1. The van der Waals surface area contributed by atoms with Crippen molar-refractivity contribution in [1.82, 2.24) is 24.7 Å². The first-order chi connectivity index (χ1) is 35.3. The minimum absolute atomic E-state index is 0. The summed E-state index contributed by atoms with van der Waals surface area (Å²) in [4.78, 5) is 85.2. The van der Waals surface area contributed by atoms with E-state index in [-0.39, 0.29) is 121 Å². The average molecular weight is 1250 g/mol. The highest BCUT2D eigenvalue weighted by molar-refractivity contribution is 14.1. The number of ketones is 1. The van der Waals surface area contributed by atoms with Crippen LogP contribution in [0.1, 0.15) is 156 Å². The number of carbonyl (C=O) groups is 5. The van der Waals surface area contributed by atoms with Crippen molar-refractivity contribution in [2.75, 3.05) is 97.6 Å². The molecule has 0 bridgehead atoms. The Morgan fingerprint density at radius 2 is 1.45 bits per heavy atom. The van der Waals surface area contributed by atoms with Crippen molar-refractivity contribution in [1.29, 1.82) is 0 Å². The number of terminal acetylenes is 1. The zero-order valence-electron chi connectivity index (χ0n) is 44.1. The van der Waals surface area contributed by atoms with Gasteiger partial charge >= 0.3 is 18.0 Å². The molecule has 6 heterocycles. The first-order valence-corrected chi connectivity index (χ1v) is 26.7. The molecule has 1 aromatic carbocycles. The van der Waals surface area contributed by atoms with Gasteiger partial charge in [0.15, 0.2) is 0 Å². The van der Waals surface area contributed by atoms with Gasteiger partial charge in [-0.1, -0.05) is 102 Å². The maximum atomic E-state index is 13.9. The molecule has 3 aromatic rings. The molecule has 20 heteroatoms. The minimum Gasteiger partial charge on any atom is -0.457 e. The van der Waals surface area contributed by atoms with Gasteiger partial charge in [0.05, 0.1) is 68.5 Å². The number of hydrogen-bond donors (Lipinski definition) is 2. The second-order valence-electron chi connectivity index (χ2n) is 16.8. The topological polar surface area (TPSA) is 229 Å². The molecule has 4 aliphatic heterocycles. The van der Waals surface area contributed by atoms with E-state index in [1.165, 1.54) is 32.6 Å². The molecule has 1 atom stereocenters. The molecular weight excluding hydrogens is 1140 g/mol. The van der Waals surface area contributed by atoms with Crippen LogP contribution in [0.25, 0.3) is 22.3 Å². The van der Waals surface area contributed by atoms with E-state index in [0.29, 0.717) is 86.8 Å². The van der Waals surface area contributed by atoms with Crippen LogP contribution in [-0.2, 0) is 72.8 Å². The van der Waals surface area contributed by atoms with E-state index in [2.05, 4.69) is 39.2 Å². The Bertz CT molecular complexity index is 2380. The number of nitrogens with zero attached hydrogens (tertiary/aromatic N) is 4. The molecule has 1 unspecified atom stereocenters. The van der Waals surface area contributed by atoms with Gasteiger partial charge in [-0.25, -0.2) is 14.6 Å². The van der Waals surface area contributed by atoms with Crippen LogP contribution in [-0.4, -0.2) is 153 Å². The van der Waals surface area contributed by atoms with Gasteiger partial charge in [0, 0.05) is 56.0 Å². The number of esters is 2. The van der Waals surface area contributed by atoms with Crippen molar-refractivity contribution in [2.45, 2.75) is 164 Å². The number of fused-ring (bicyclic) bond motifs is 5. The van der Waals surface area contributed by atoms with E-state index in [4.69, 9.17) is 45.2 Å². The largest absolute Gasteiger partial charge is 0.457 e. The quantitative estimate of drug-likeness (QED) is 0.0310. The molecule has 2 fully saturated rings. The molecule has 2 saturated heterocycles. The lowest BCUT2D eigenvalue weighted by molar-refractivity contribution is -0.188. The number of likely N-dealkylation sites (tertiary alicyclic amines) is 2. The second kappa shape index (κ2) is 45.6. The number of nitrogens with one attached hydrogen (secondary N) is 1. The summed E-state index contributed by atoms with van der Waals surface area (Å²) in [6.07, 6.45) is 11.9. The number of aromatic nitrogens is 2. The molecule has 0 spiro atoms. The van der Waals surface area contributed by atoms with Crippen molar-refractivity contribution in [3.05, 3.63) is 56.9 Å². The third-order valence-electron chi connectivity index (χ3n) is 12.4. The molecule has 3 N–H and O–H groups in total. The smallest absolute Gasteiger partial charge is 0.415 e. The summed E-state index contributed by atoms with van der Waals surface area (Å²) in [5, 5.41) is 3.27. The van der Waals surface area contributed by atoms with Gasteiger partial charge in [0.1, 0.15) is 26.1 Å². The number of amides is 2. The molecule has 462 valence electrons. The van der Waals surface area contributed by atoms with Crippen molar-refractivity contribution < 1.29 is 58.5 Å². The van der Waals surface area contributed by atoms with E-state index in [1.807, 2.05) is 37.8 Å². The minimum atomic E-state index is -1.77. The maximum Gasteiger partial charge on any atom is 0.415 e. The number of pyridine rings is 2. The van der Waals surface area contributed by atoms with E-state index >= 15 is 0 Å². The fourth-order valence-corrected chi connectivity index (χ4v) is 8.85. The molecule has 2 amide bonds. The number of methoxy groups -OCH3 is 1. The van der Waals surface area contributed by atoms with Gasteiger partial charge in [0.25, 0.3) is 5.56 Å². The molecule has 80 heavy (non-hydrogen) atoms. The lowest BCUT2D eigenvalue weighted by atomic mass is 9.85. The van der Waals surface area contributed by atoms with Crippen LogP contribution in [0.4, 0.5) is 4.79 Å². The number of nitrogens with two attached hydrogens (primary N) is 1. The number of cyclic esters (lactones) is 1. The summed E-state index contributed by atoms with van der Waals surface area (Å²) in [6, 6.07) is 7.71. The van der Waals surface area contributed by atoms with Crippen LogP contribution in [0, 0.1) is 12.8 Å². The first kappa shape index (κ1) is 83.8. The highest BCUT2D eigenvalue weighted by Crippen LogP contribution is 2.42. The Kier molecular flexibility index (Phi) is 47.7. The summed E-state index contributed by atoms with van der Waals surface area (Å²) in [5.74, 6) is -1.41. The van der Waals surface area contributed by atoms with E-state index in [0.717, 1.165) is 49.1 Å². The summed E-state index contributed by atoms with van der Waals surface area (Å²) in [5.41, 5.74) is 7.73. The molecule has 7 rings (SSSR count). The number of alkyl halides is 1. The van der Waals surface area contributed by atoms with Crippen LogP contribution < -0.4 is 21.3 Å². The fourth-order valence-electron chi connectivity index (χ4n) is 8.85. The summed E-state index contributed by atoms with van der Waals surface area (Å²) >= 11 is 2.15. The Balaban J connectivity index is -0.000000351. The zero-order chi connectivity index (χ0) is 53.9. The van der Waals surface area contributed by atoms with Crippen LogP contribution in [0.3, 0.4) is 0 Å². The zero-order valence-corrected chi connectivity index (χ0v) is 45.2. The molecule has 0 saturated carbocycles. The number of halogens is 1. The van der Waals surface area contributed by atoms with Crippen LogP contribution in [0.15, 0.2) is 29.1 Å². The lowest BCUT2D eigenvalue weighted by Gasteiger charge is -2.39. The predicted octanol–water partition coefficient (Wildman–Crippen LogP) is 10.4. The van der Waals surface area contributed by atoms with Crippen LogP contribution in [0.5, 0.6) is 5.75 Å². The van der Waals surface area contributed by atoms with Crippen molar-refractivity contribution >= 4 is 63.2 Å². The van der Waals surface area contributed by atoms with Gasteiger partial charge in [-0.3, -0.25) is 19.2 Å². The van der Waals surface area contributed by atoms with Crippen LogP contribution >= 0.6 is 22.6 Å². The van der Waals surface area contributed by atoms with Crippen molar-refractivity contribution in [2.24, 2.45) is 5.73 Å². The van der Waals surface area contributed by atoms with Crippen molar-refractivity contribution in [3.63, 3.8) is 0 Å². The van der Waals surface area contributed by atoms with Gasteiger partial charge in [-0.05, 0) is 107 Å². The molecular formula is C60H107IN6O13. The number of Topliss-reactive ketones (excluding diaryl/α,β-unsaturated/α-hetero) is 1. The number of ether oxygens (including phenoxy) is 7. The number of piperidine rings is 2. The van der Waals surface area contributed by atoms with Gasteiger partial charge in [-0.2, -0.15) is 0 Å². The summed E-state index contributed by atoms with van der Waals surface area (Å²) in [7, 11) is 1.67. The number of hydrogen-bond acceptors (Lipinski definition) is 16. The molecule has 0 aliphatic carbocycles. The normalized spacial score (nSPS) is 15.2. The molecule has 19 nitrogen and oxygen atoms in total.